The lowest BCUT2D eigenvalue weighted by Crippen LogP contribution is -2.44. The van der Waals surface area contributed by atoms with Gasteiger partial charge in [-0.2, -0.15) is 26.3 Å². The average molecular weight is 500 g/mol. The molecule has 1 atom stereocenters. The van der Waals surface area contributed by atoms with Crippen LogP contribution in [-0.2, 0) is 21.4 Å². The molecule has 0 aliphatic carbocycles. The molecular formula is C23H15F7N2O3. The first kappa shape index (κ1) is 24.3. The Morgan fingerprint density at radius 3 is 2.31 bits per heavy atom. The molecule has 1 heterocycles. The molecule has 0 saturated carbocycles. The van der Waals surface area contributed by atoms with Crippen molar-refractivity contribution in [1.29, 1.82) is 0 Å². The summed E-state index contributed by atoms with van der Waals surface area (Å²) in [6.45, 7) is 0. The van der Waals surface area contributed by atoms with Crippen molar-refractivity contribution >= 4 is 28.1 Å². The number of hydrogen-bond donors (Lipinski definition) is 1. The lowest BCUT2D eigenvalue weighted by Gasteiger charge is -2.30. The summed E-state index contributed by atoms with van der Waals surface area (Å²) in [5.74, 6) is -2.85. The highest BCUT2D eigenvalue weighted by molar-refractivity contribution is 6.15. The van der Waals surface area contributed by atoms with Crippen LogP contribution in [0.25, 0.3) is 10.8 Å². The Kier molecular flexibility index (Phi) is 5.65. The Morgan fingerprint density at radius 2 is 1.71 bits per heavy atom. The molecule has 1 aliphatic heterocycles. The highest BCUT2D eigenvalue weighted by atomic mass is 19.4. The molecule has 0 saturated heterocycles. The summed E-state index contributed by atoms with van der Waals surface area (Å²) in [6, 6.07) is 9.47. The minimum absolute atomic E-state index is 0.111. The summed E-state index contributed by atoms with van der Waals surface area (Å²) in [5, 5.41) is 4.14. The zero-order valence-electron chi connectivity index (χ0n) is 17.7. The van der Waals surface area contributed by atoms with Gasteiger partial charge < -0.3 is 15.3 Å². The molecule has 12 heteroatoms. The van der Waals surface area contributed by atoms with Crippen LogP contribution in [0.15, 0.2) is 53.7 Å². The number of esters is 1. The van der Waals surface area contributed by atoms with Gasteiger partial charge in [0.1, 0.15) is 5.82 Å². The van der Waals surface area contributed by atoms with Gasteiger partial charge in [0.05, 0.1) is 30.4 Å². The minimum atomic E-state index is -5.38. The van der Waals surface area contributed by atoms with Crippen molar-refractivity contribution in [2.24, 2.45) is 5.16 Å². The second kappa shape index (κ2) is 8.14. The second-order valence-electron chi connectivity index (χ2n) is 7.76. The van der Waals surface area contributed by atoms with Crippen molar-refractivity contribution < 1.29 is 45.1 Å². The predicted octanol–water partition coefficient (Wildman–Crippen LogP) is 5.95. The van der Waals surface area contributed by atoms with E-state index in [0.29, 0.717) is 16.8 Å². The van der Waals surface area contributed by atoms with Gasteiger partial charge in [-0.15, -0.1) is 0 Å². The van der Waals surface area contributed by atoms with Crippen LogP contribution in [0, 0.1) is 5.82 Å². The van der Waals surface area contributed by atoms with Gasteiger partial charge in [0.25, 0.3) is 5.60 Å². The third kappa shape index (κ3) is 3.92. The van der Waals surface area contributed by atoms with Crippen molar-refractivity contribution in [3.8, 4) is 0 Å². The molecule has 2 N–H and O–H groups in total. The van der Waals surface area contributed by atoms with Crippen LogP contribution in [-0.4, -0.2) is 25.0 Å². The minimum Gasteiger partial charge on any atom is -0.465 e. The molecule has 0 aromatic heterocycles. The number of ether oxygens (including phenoxy) is 1. The van der Waals surface area contributed by atoms with E-state index in [1.165, 1.54) is 24.3 Å². The number of rotatable bonds is 3. The standard InChI is InChI=1S/C23H15F7N2O3/c1-34-20(33)15-7-6-14(12-4-2-3-5-13(12)15)18-10-21(35-32-18,23(28,29)30)16-8-11(31)9-17(19(16)24)22(25,26)27/h2-9H,10,31H2,1H3. The third-order valence-corrected chi connectivity index (χ3v) is 5.66. The van der Waals surface area contributed by atoms with Crippen LogP contribution >= 0.6 is 0 Å². The van der Waals surface area contributed by atoms with Crippen LogP contribution in [0.2, 0.25) is 0 Å². The first-order valence-electron chi connectivity index (χ1n) is 9.89. The number of alkyl halides is 6. The summed E-state index contributed by atoms with van der Waals surface area (Å²) < 4.78 is 102. The van der Waals surface area contributed by atoms with Crippen LogP contribution in [0.4, 0.5) is 36.4 Å². The largest absolute Gasteiger partial charge is 0.465 e. The van der Waals surface area contributed by atoms with E-state index in [4.69, 9.17) is 15.3 Å². The number of fused-ring (bicyclic) bond motifs is 1. The van der Waals surface area contributed by atoms with Crippen LogP contribution in [0.1, 0.15) is 33.5 Å². The van der Waals surface area contributed by atoms with E-state index in [1.807, 2.05) is 0 Å². The molecular weight excluding hydrogens is 485 g/mol. The predicted molar refractivity (Wildman–Crippen MR) is 111 cm³/mol. The summed E-state index contributed by atoms with van der Waals surface area (Å²) in [7, 11) is 1.16. The SMILES string of the molecule is COC(=O)c1ccc(C2=NOC(c3cc(N)cc(C(F)(F)F)c3F)(C(F)(F)F)C2)c2ccccc12. The van der Waals surface area contributed by atoms with E-state index in [2.05, 4.69) is 5.16 Å². The summed E-state index contributed by atoms with van der Waals surface area (Å²) in [6.07, 6.45) is -11.8. The monoisotopic (exact) mass is 500 g/mol. The first-order chi connectivity index (χ1) is 16.3. The Hall–Kier alpha value is -3.83. The number of carbonyl (C=O) groups is 1. The molecule has 0 radical (unpaired) electrons. The zero-order chi connectivity index (χ0) is 25.8. The molecule has 5 nitrogen and oxygen atoms in total. The molecule has 0 fully saturated rings. The fourth-order valence-corrected chi connectivity index (χ4v) is 4.01. The Bertz CT molecular complexity index is 1370. The number of hydrogen-bond acceptors (Lipinski definition) is 5. The normalized spacial score (nSPS) is 18.3. The molecule has 184 valence electrons. The molecule has 0 spiro atoms. The number of methoxy groups -OCH3 is 1. The Morgan fingerprint density at radius 1 is 1.06 bits per heavy atom. The van der Waals surface area contributed by atoms with Crippen molar-refractivity contribution in [3.05, 3.63) is 76.6 Å². The molecule has 1 unspecified atom stereocenters. The molecule has 0 amide bonds. The Balaban J connectivity index is 1.88. The summed E-state index contributed by atoms with van der Waals surface area (Å²) in [4.78, 5) is 16.8. The van der Waals surface area contributed by atoms with Gasteiger partial charge in [0.2, 0.25) is 0 Å². The van der Waals surface area contributed by atoms with E-state index < -0.39 is 53.0 Å². The maximum absolute atomic E-state index is 14.9. The molecule has 3 aromatic carbocycles. The fraction of sp³-hybridized carbons (Fsp3) is 0.217. The molecule has 4 rings (SSSR count). The van der Waals surface area contributed by atoms with Crippen molar-refractivity contribution in [3.63, 3.8) is 0 Å². The van der Waals surface area contributed by atoms with Gasteiger partial charge in [0, 0.05) is 16.8 Å². The fourth-order valence-electron chi connectivity index (χ4n) is 4.01. The van der Waals surface area contributed by atoms with E-state index in [-0.39, 0.29) is 22.9 Å². The lowest BCUT2D eigenvalue weighted by molar-refractivity contribution is -0.277. The van der Waals surface area contributed by atoms with Crippen molar-refractivity contribution in [2.75, 3.05) is 12.8 Å². The number of nitrogens with two attached hydrogens (primary N) is 1. The number of nitrogens with zero attached hydrogens (tertiary/aromatic N) is 1. The highest BCUT2D eigenvalue weighted by Gasteiger charge is 2.64. The number of anilines is 1. The molecule has 1 aliphatic rings. The van der Waals surface area contributed by atoms with Crippen LogP contribution < -0.4 is 5.73 Å². The molecule has 35 heavy (non-hydrogen) atoms. The third-order valence-electron chi connectivity index (χ3n) is 5.66. The maximum Gasteiger partial charge on any atom is 0.435 e. The second-order valence-corrected chi connectivity index (χ2v) is 7.76. The maximum atomic E-state index is 14.9. The van der Waals surface area contributed by atoms with Crippen LogP contribution in [0.3, 0.4) is 0 Å². The van der Waals surface area contributed by atoms with Gasteiger partial charge in [-0.1, -0.05) is 35.5 Å². The van der Waals surface area contributed by atoms with E-state index in [0.717, 1.165) is 7.11 Å². The van der Waals surface area contributed by atoms with Gasteiger partial charge in [-0.25, -0.2) is 9.18 Å². The number of halogens is 7. The smallest absolute Gasteiger partial charge is 0.435 e. The van der Waals surface area contributed by atoms with E-state index in [1.54, 1.807) is 12.1 Å². The zero-order valence-corrected chi connectivity index (χ0v) is 17.7. The number of nitrogen functional groups attached to an aromatic ring is 1. The molecule has 0 bridgehead atoms. The molecule has 3 aromatic rings. The van der Waals surface area contributed by atoms with Gasteiger partial charge in [0.15, 0.2) is 0 Å². The average Bonchev–Trinajstić information content (AvgIpc) is 3.25. The lowest BCUT2D eigenvalue weighted by atomic mass is 9.84. The quantitative estimate of drug-likeness (QED) is 0.274. The van der Waals surface area contributed by atoms with Crippen molar-refractivity contribution in [2.45, 2.75) is 24.4 Å². The van der Waals surface area contributed by atoms with E-state index in [9.17, 15) is 35.5 Å². The van der Waals surface area contributed by atoms with Crippen molar-refractivity contribution in [1.82, 2.24) is 0 Å². The number of benzene rings is 3. The van der Waals surface area contributed by atoms with E-state index >= 15 is 0 Å². The number of carbonyl (C=O) groups excluding carboxylic acids is 1. The first-order valence-corrected chi connectivity index (χ1v) is 9.89. The van der Waals surface area contributed by atoms with Gasteiger partial charge in [-0.3, -0.25) is 0 Å². The Labute approximate surface area is 192 Å². The van der Waals surface area contributed by atoms with Crippen LogP contribution in [0.5, 0.6) is 0 Å². The summed E-state index contributed by atoms with van der Waals surface area (Å²) >= 11 is 0. The van der Waals surface area contributed by atoms with Gasteiger partial charge in [-0.05, 0) is 29.0 Å². The topological polar surface area (TPSA) is 73.9 Å². The number of oxime groups is 1. The van der Waals surface area contributed by atoms with Gasteiger partial charge >= 0.3 is 18.3 Å². The summed E-state index contributed by atoms with van der Waals surface area (Å²) in [5.41, 5.74) is -2.37. The highest BCUT2D eigenvalue weighted by Crippen LogP contribution is 2.51.